The van der Waals surface area contributed by atoms with Crippen LogP contribution in [-0.4, -0.2) is 50.1 Å². The molecule has 1 aliphatic heterocycles. The van der Waals surface area contributed by atoms with Gasteiger partial charge in [0, 0.05) is 41.6 Å². The molecule has 1 amide bonds. The Labute approximate surface area is 167 Å². The van der Waals surface area contributed by atoms with Gasteiger partial charge in [-0.15, -0.1) is 0 Å². The molecule has 0 atom stereocenters. The molecule has 144 valence electrons. The Hall–Kier alpha value is -2.90. The first-order valence-corrected chi connectivity index (χ1v) is 9.43. The van der Waals surface area contributed by atoms with Gasteiger partial charge in [-0.05, 0) is 36.6 Å². The van der Waals surface area contributed by atoms with Gasteiger partial charge in [-0.2, -0.15) is 0 Å². The number of benzene rings is 1. The molecule has 0 unspecified atom stereocenters. The third-order valence-corrected chi connectivity index (χ3v) is 5.12. The lowest BCUT2D eigenvalue weighted by Crippen LogP contribution is -2.40. The van der Waals surface area contributed by atoms with E-state index in [1.165, 1.54) is 0 Å². The highest BCUT2D eigenvalue weighted by Crippen LogP contribution is 2.32. The number of aliphatic hydroxyl groups is 1. The van der Waals surface area contributed by atoms with Gasteiger partial charge in [0.05, 0.1) is 11.8 Å². The molecule has 1 aliphatic rings. The lowest BCUT2D eigenvalue weighted by atomic mass is 10.0. The number of rotatable bonds is 3. The number of halogens is 1. The van der Waals surface area contributed by atoms with Crippen LogP contribution in [0.1, 0.15) is 23.3 Å². The van der Waals surface area contributed by atoms with Crippen molar-refractivity contribution in [3.05, 3.63) is 53.4 Å². The van der Waals surface area contributed by atoms with E-state index in [0.717, 1.165) is 16.7 Å². The first kappa shape index (κ1) is 18.5. The molecule has 1 saturated heterocycles. The molecule has 0 spiro atoms. The van der Waals surface area contributed by atoms with Crippen LogP contribution in [0.3, 0.4) is 0 Å². The zero-order valence-electron chi connectivity index (χ0n) is 15.1. The first-order valence-electron chi connectivity index (χ1n) is 9.06. The van der Waals surface area contributed by atoms with Crippen LogP contribution >= 0.6 is 11.6 Å². The maximum atomic E-state index is 12.8. The average Bonchev–Trinajstić information content (AvgIpc) is 3.18. The van der Waals surface area contributed by atoms with Gasteiger partial charge in [-0.25, -0.2) is 9.97 Å². The van der Waals surface area contributed by atoms with Gasteiger partial charge in [0.15, 0.2) is 0 Å². The van der Waals surface area contributed by atoms with Gasteiger partial charge >= 0.3 is 0 Å². The van der Waals surface area contributed by atoms with Crippen molar-refractivity contribution in [2.45, 2.75) is 18.9 Å². The Morgan fingerprint density at radius 1 is 1.25 bits per heavy atom. The summed E-state index contributed by atoms with van der Waals surface area (Å²) < 4.78 is 0. The highest BCUT2D eigenvalue weighted by atomic mass is 35.5. The lowest BCUT2D eigenvalue weighted by molar-refractivity contribution is 0.0542. The van der Waals surface area contributed by atoms with Crippen molar-refractivity contribution in [3.63, 3.8) is 0 Å². The number of likely N-dealkylation sites (tertiary alicyclic amines) is 1. The number of carbonyl (C=O) groups is 1. The minimum atomic E-state index is -0.326. The van der Waals surface area contributed by atoms with E-state index in [0.29, 0.717) is 42.3 Å². The number of carbonyl (C=O) groups excluding carboxylic acids is 1. The number of amides is 1. The van der Waals surface area contributed by atoms with Gasteiger partial charge in [0.2, 0.25) is 5.95 Å². The fraction of sp³-hybridized carbons (Fsp3) is 0.250. The third-order valence-electron chi connectivity index (χ3n) is 4.88. The molecule has 0 radical (unpaired) electrons. The van der Waals surface area contributed by atoms with Crippen molar-refractivity contribution in [1.82, 2.24) is 19.9 Å². The molecule has 1 aromatic carbocycles. The number of aromatic nitrogens is 3. The minimum Gasteiger partial charge on any atom is -0.393 e. The molecule has 4 N–H and O–H groups in total. The summed E-state index contributed by atoms with van der Waals surface area (Å²) in [7, 11) is 0. The summed E-state index contributed by atoms with van der Waals surface area (Å²) >= 11 is 6.13. The molecule has 3 aromatic rings. The van der Waals surface area contributed by atoms with Crippen molar-refractivity contribution in [2.24, 2.45) is 0 Å². The van der Waals surface area contributed by atoms with Crippen LogP contribution < -0.4 is 5.73 Å². The number of nitrogens with two attached hydrogens (primary N) is 1. The molecule has 0 saturated carbocycles. The summed E-state index contributed by atoms with van der Waals surface area (Å²) in [4.78, 5) is 26.0. The summed E-state index contributed by atoms with van der Waals surface area (Å²) in [5.41, 5.74) is 9.29. The molecule has 28 heavy (non-hydrogen) atoms. The van der Waals surface area contributed by atoms with Crippen LogP contribution in [0.4, 0.5) is 5.95 Å². The zero-order chi connectivity index (χ0) is 19.7. The van der Waals surface area contributed by atoms with E-state index in [1.807, 2.05) is 18.2 Å². The van der Waals surface area contributed by atoms with E-state index in [1.54, 1.807) is 29.4 Å². The van der Waals surface area contributed by atoms with E-state index < -0.39 is 0 Å². The van der Waals surface area contributed by atoms with E-state index in [2.05, 4.69) is 15.0 Å². The molecule has 7 nitrogen and oxygen atoms in total. The number of aromatic amines is 1. The quantitative estimate of drug-likeness (QED) is 0.629. The van der Waals surface area contributed by atoms with Gasteiger partial charge in [0.1, 0.15) is 5.69 Å². The minimum absolute atomic E-state index is 0.0931. The Morgan fingerprint density at radius 2 is 2.04 bits per heavy atom. The highest BCUT2D eigenvalue weighted by Gasteiger charge is 2.24. The van der Waals surface area contributed by atoms with Crippen LogP contribution in [0.2, 0.25) is 5.02 Å². The molecular formula is C20H20ClN5O2. The Balaban J connectivity index is 1.67. The fourth-order valence-electron chi connectivity index (χ4n) is 3.38. The Morgan fingerprint density at radius 3 is 2.79 bits per heavy atom. The zero-order valence-corrected chi connectivity index (χ0v) is 15.9. The van der Waals surface area contributed by atoms with Crippen LogP contribution in [0.5, 0.6) is 0 Å². The number of hydrogen-bond acceptors (Lipinski definition) is 5. The number of piperidine rings is 1. The number of hydrogen-bond donors (Lipinski definition) is 3. The summed E-state index contributed by atoms with van der Waals surface area (Å²) in [5.74, 6) is 0.0596. The van der Waals surface area contributed by atoms with Crippen LogP contribution in [0, 0.1) is 0 Å². The second-order valence-corrected chi connectivity index (χ2v) is 7.26. The maximum absolute atomic E-state index is 12.8. The van der Waals surface area contributed by atoms with E-state index in [4.69, 9.17) is 17.3 Å². The number of nitrogen functional groups attached to an aromatic ring is 1. The second kappa shape index (κ2) is 7.61. The first-order chi connectivity index (χ1) is 13.5. The smallest absolute Gasteiger partial charge is 0.270 e. The predicted octanol–water partition coefficient (Wildman–Crippen LogP) is 2.97. The Kier molecular flexibility index (Phi) is 5.02. The van der Waals surface area contributed by atoms with Crippen molar-refractivity contribution in [1.29, 1.82) is 0 Å². The molecule has 8 heteroatoms. The summed E-state index contributed by atoms with van der Waals surface area (Å²) in [6.45, 7) is 1.09. The van der Waals surface area contributed by atoms with Gasteiger partial charge in [-0.1, -0.05) is 23.7 Å². The Bertz CT molecular complexity index is 1010. The van der Waals surface area contributed by atoms with E-state index in [-0.39, 0.29) is 18.0 Å². The van der Waals surface area contributed by atoms with Gasteiger partial charge in [0.25, 0.3) is 5.91 Å². The number of nitrogens with one attached hydrogen (secondary N) is 1. The van der Waals surface area contributed by atoms with Crippen molar-refractivity contribution >= 4 is 23.5 Å². The molecule has 4 rings (SSSR count). The summed E-state index contributed by atoms with van der Waals surface area (Å²) in [6.07, 6.45) is 4.26. The van der Waals surface area contributed by atoms with Crippen LogP contribution in [0.15, 0.2) is 42.7 Å². The fourth-order valence-corrected chi connectivity index (χ4v) is 3.57. The number of aliphatic hydroxyl groups excluding tert-OH is 1. The largest absolute Gasteiger partial charge is 0.393 e. The SMILES string of the molecule is Nc1ncc(-c2cccc(Cl)c2)c(-c2c[nH]c(C(=O)N3CCC(O)CC3)c2)n1. The highest BCUT2D eigenvalue weighted by molar-refractivity contribution is 6.30. The van der Waals surface area contributed by atoms with Crippen LogP contribution in [-0.2, 0) is 0 Å². The normalized spacial score (nSPS) is 15.0. The molecule has 0 aliphatic carbocycles. The topological polar surface area (TPSA) is 108 Å². The maximum Gasteiger partial charge on any atom is 0.270 e. The van der Waals surface area contributed by atoms with Gasteiger partial charge < -0.3 is 20.7 Å². The van der Waals surface area contributed by atoms with E-state index >= 15 is 0 Å². The molecule has 2 aromatic heterocycles. The summed E-state index contributed by atoms with van der Waals surface area (Å²) in [6, 6.07) is 9.17. The molecule has 3 heterocycles. The number of H-pyrrole nitrogens is 1. The van der Waals surface area contributed by atoms with Crippen LogP contribution in [0.25, 0.3) is 22.4 Å². The molecule has 1 fully saturated rings. The third kappa shape index (κ3) is 3.72. The average molecular weight is 398 g/mol. The van der Waals surface area contributed by atoms with Gasteiger partial charge in [-0.3, -0.25) is 4.79 Å². The molecule has 0 bridgehead atoms. The van der Waals surface area contributed by atoms with E-state index in [9.17, 15) is 9.90 Å². The predicted molar refractivity (Wildman–Crippen MR) is 108 cm³/mol. The van der Waals surface area contributed by atoms with Crippen molar-refractivity contribution in [3.8, 4) is 22.4 Å². The number of nitrogens with zero attached hydrogens (tertiary/aromatic N) is 3. The lowest BCUT2D eigenvalue weighted by Gasteiger charge is -2.29. The van der Waals surface area contributed by atoms with Crippen molar-refractivity contribution < 1.29 is 9.90 Å². The standard InChI is InChI=1S/C20H20ClN5O2/c21-14-3-1-2-12(8-14)16-11-24-20(22)25-18(16)13-9-17(23-10-13)19(28)26-6-4-15(27)5-7-26/h1-3,8-11,15,23,27H,4-7H2,(H2,22,24,25). The molecular weight excluding hydrogens is 378 g/mol. The van der Waals surface area contributed by atoms with Crippen molar-refractivity contribution in [2.75, 3.05) is 18.8 Å². The number of anilines is 1. The monoisotopic (exact) mass is 397 g/mol. The summed E-state index contributed by atoms with van der Waals surface area (Å²) in [5, 5.41) is 10.2. The second-order valence-electron chi connectivity index (χ2n) is 6.83.